The van der Waals surface area contributed by atoms with Crippen LogP contribution in [0, 0.1) is 11.3 Å². The molecule has 0 saturated heterocycles. The van der Waals surface area contributed by atoms with E-state index in [0.29, 0.717) is 18.2 Å². The summed E-state index contributed by atoms with van der Waals surface area (Å²) in [5.41, 5.74) is 3.40. The number of imidazole rings is 1. The van der Waals surface area contributed by atoms with Crippen LogP contribution in [0.5, 0.6) is 0 Å². The van der Waals surface area contributed by atoms with Gasteiger partial charge in [0, 0.05) is 42.8 Å². The first kappa shape index (κ1) is 16.4. The molecule has 2 heterocycles. The number of benzene rings is 1. The minimum absolute atomic E-state index is 0.442. The molecule has 2 aromatic heterocycles. The third kappa shape index (κ3) is 3.21. The van der Waals surface area contributed by atoms with E-state index >= 15 is 0 Å². The molecule has 0 spiro atoms. The monoisotopic (exact) mass is 346 g/mol. The van der Waals surface area contributed by atoms with E-state index in [2.05, 4.69) is 32.7 Å². The summed E-state index contributed by atoms with van der Waals surface area (Å²) in [6.07, 6.45) is 10.2. The number of aromatic nitrogens is 3. The normalized spacial score (nSPS) is 14.5. The number of anilines is 2. The van der Waals surface area contributed by atoms with E-state index in [1.165, 1.54) is 12.8 Å². The predicted octanol–water partition coefficient (Wildman–Crippen LogP) is 3.81. The van der Waals surface area contributed by atoms with E-state index in [1.54, 1.807) is 12.4 Å². The van der Waals surface area contributed by atoms with Crippen LogP contribution in [0.4, 0.5) is 11.4 Å². The summed E-state index contributed by atoms with van der Waals surface area (Å²) < 4.78 is 2.00. The molecule has 1 fully saturated rings. The quantitative estimate of drug-likeness (QED) is 0.734. The first-order valence-corrected chi connectivity index (χ1v) is 9.04. The summed E-state index contributed by atoms with van der Waals surface area (Å²) in [5.74, 6) is 0.971. The highest BCUT2D eigenvalue weighted by atomic mass is 15.1. The van der Waals surface area contributed by atoms with Crippen molar-refractivity contribution in [2.24, 2.45) is 7.05 Å². The van der Waals surface area contributed by atoms with Crippen molar-refractivity contribution in [3.8, 4) is 6.07 Å². The molecule has 0 atom stereocenters. The predicted molar refractivity (Wildman–Crippen MR) is 103 cm³/mol. The Balaban J connectivity index is 1.66. The molecule has 6 heteroatoms. The lowest BCUT2D eigenvalue weighted by atomic mass is 10.1. The molecule has 6 nitrogen and oxygen atoms in total. The molecule has 4 rings (SSSR count). The summed E-state index contributed by atoms with van der Waals surface area (Å²) in [5, 5.41) is 17.5. The lowest BCUT2D eigenvalue weighted by Crippen LogP contribution is -2.16. The van der Waals surface area contributed by atoms with Gasteiger partial charge in [0.05, 0.1) is 23.3 Å². The molecule has 0 bridgehead atoms. The van der Waals surface area contributed by atoms with Crippen LogP contribution < -0.4 is 10.6 Å². The number of hydrogen-bond acceptors (Lipinski definition) is 5. The zero-order chi connectivity index (χ0) is 17.9. The average Bonchev–Trinajstić information content (AvgIpc) is 3.32. The Morgan fingerprint density at radius 3 is 2.85 bits per heavy atom. The second-order valence-electron chi connectivity index (χ2n) is 6.82. The summed E-state index contributed by atoms with van der Waals surface area (Å²) in [4.78, 5) is 8.79. The number of rotatable bonds is 5. The number of nitrogens with one attached hydrogen (secondary N) is 2. The van der Waals surface area contributed by atoms with Gasteiger partial charge in [-0.1, -0.05) is 12.8 Å². The van der Waals surface area contributed by atoms with Crippen molar-refractivity contribution in [2.75, 3.05) is 10.6 Å². The van der Waals surface area contributed by atoms with Gasteiger partial charge in [-0.2, -0.15) is 5.26 Å². The minimum Gasteiger partial charge on any atom is -0.381 e. The van der Waals surface area contributed by atoms with Crippen molar-refractivity contribution in [1.29, 1.82) is 5.26 Å². The maximum atomic E-state index is 9.52. The van der Waals surface area contributed by atoms with Gasteiger partial charge in [0.25, 0.3) is 0 Å². The highest BCUT2D eigenvalue weighted by Gasteiger charge is 2.18. The van der Waals surface area contributed by atoms with Gasteiger partial charge in [-0.3, -0.25) is 4.98 Å². The van der Waals surface area contributed by atoms with Crippen LogP contribution in [0.1, 0.15) is 37.1 Å². The van der Waals surface area contributed by atoms with Gasteiger partial charge in [-0.05, 0) is 31.0 Å². The molecule has 0 amide bonds. The van der Waals surface area contributed by atoms with E-state index < -0.39 is 0 Å². The zero-order valence-corrected chi connectivity index (χ0v) is 14.9. The Kier molecular flexibility index (Phi) is 4.44. The average molecular weight is 346 g/mol. The molecule has 0 radical (unpaired) electrons. The number of nitriles is 1. The molecule has 0 aliphatic heterocycles. The molecule has 1 aromatic carbocycles. The van der Waals surface area contributed by atoms with Crippen LogP contribution in [0.3, 0.4) is 0 Å². The van der Waals surface area contributed by atoms with Crippen molar-refractivity contribution >= 4 is 22.3 Å². The molecule has 3 aromatic rings. The standard InChI is InChI=1S/C20H22N6/c1-26-9-8-22-19(26)13-23-16-6-7-18-17(10-16)20(14(11-21)12-24-18)25-15-4-2-3-5-15/h6-10,12,15,23H,2-5,13H2,1H3,(H,24,25). The van der Waals surface area contributed by atoms with Gasteiger partial charge in [-0.15, -0.1) is 0 Å². The third-order valence-corrected chi connectivity index (χ3v) is 5.06. The van der Waals surface area contributed by atoms with Gasteiger partial charge in [0.1, 0.15) is 11.9 Å². The van der Waals surface area contributed by atoms with E-state index in [4.69, 9.17) is 0 Å². The van der Waals surface area contributed by atoms with Crippen LogP contribution in [0.2, 0.25) is 0 Å². The topological polar surface area (TPSA) is 78.6 Å². The molecule has 1 aliphatic rings. The van der Waals surface area contributed by atoms with Crippen molar-refractivity contribution in [2.45, 2.75) is 38.3 Å². The number of nitrogens with zero attached hydrogens (tertiary/aromatic N) is 4. The second kappa shape index (κ2) is 7.04. The van der Waals surface area contributed by atoms with Crippen LogP contribution in [0.25, 0.3) is 10.9 Å². The fourth-order valence-corrected chi connectivity index (χ4v) is 3.57. The second-order valence-corrected chi connectivity index (χ2v) is 6.82. The van der Waals surface area contributed by atoms with Gasteiger partial charge in [0.2, 0.25) is 0 Å². The molecule has 2 N–H and O–H groups in total. The summed E-state index contributed by atoms with van der Waals surface area (Å²) in [6, 6.07) is 8.81. The van der Waals surface area contributed by atoms with Crippen molar-refractivity contribution in [3.63, 3.8) is 0 Å². The zero-order valence-electron chi connectivity index (χ0n) is 14.9. The van der Waals surface area contributed by atoms with Gasteiger partial charge in [-0.25, -0.2) is 4.98 Å². The Morgan fingerprint density at radius 2 is 2.12 bits per heavy atom. The van der Waals surface area contributed by atoms with E-state index in [9.17, 15) is 5.26 Å². The minimum atomic E-state index is 0.442. The first-order chi connectivity index (χ1) is 12.7. The third-order valence-electron chi connectivity index (χ3n) is 5.06. The smallest absolute Gasteiger partial charge is 0.127 e. The molecule has 0 unspecified atom stereocenters. The van der Waals surface area contributed by atoms with Gasteiger partial charge in [0.15, 0.2) is 0 Å². The van der Waals surface area contributed by atoms with Gasteiger partial charge < -0.3 is 15.2 Å². The van der Waals surface area contributed by atoms with Crippen LogP contribution >= 0.6 is 0 Å². The highest BCUT2D eigenvalue weighted by molar-refractivity contribution is 5.96. The lowest BCUT2D eigenvalue weighted by Gasteiger charge is -2.17. The van der Waals surface area contributed by atoms with E-state index in [-0.39, 0.29) is 0 Å². The van der Waals surface area contributed by atoms with E-state index in [0.717, 1.165) is 40.9 Å². The summed E-state index contributed by atoms with van der Waals surface area (Å²) >= 11 is 0. The van der Waals surface area contributed by atoms with Crippen molar-refractivity contribution < 1.29 is 0 Å². The summed E-state index contributed by atoms with van der Waals surface area (Å²) in [7, 11) is 1.98. The molecule has 132 valence electrons. The number of aryl methyl sites for hydroxylation is 1. The van der Waals surface area contributed by atoms with Crippen molar-refractivity contribution in [3.05, 3.63) is 48.2 Å². The summed E-state index contributed by atoms with van der Waals surface area (Å²) in [6.45, 7) is 0.645. The largest absolute Gasteiger partial charge is 0.381 e. The Bertz CT molecular complexity index is 962. The first-order valence-electron chi connectivity index (χ1n) is 9.04. The SMILES string of the molecule is Cn1ccnc1CNc1ccc2ncc(C#N)c(NC3CCCC3)c2c1. The van der Waals surface area contributed by atoms with E-state index in [1.807, 2.05) is 29.9 Å². The Morgan fingerprint density at radius 1 is 1.27 bits per heavy atom. The molecule has 1 saturated carbocycles. The highest BCUT2D eigenvalue weighted by Crippen LogP contribution is 2.31. The number of hydrogen-bond donors (Lipinski definition) is 2. The molecule has 26 heavy (non-hydrogen) atoms. The molecular formula is C20H22N6. The van der Waals surface area contributed by atoms with Gasteiger partial charge >= 0.3 is 0 Å². The number of fused-ring (bicyclic) bond motifs is 1. The fourth-order valence-electron chi connectivity index (χ4n) is 3.57. The Labute approximate surface area is 152 Å². The van der Waals surface area contributed by atoms with Crippen LogP contribution in [-0.4, -0.2) is 20.6 Å². The maximum Gasteiger partial charge on any atom is 0.127 e. The van der Waals surface area contributed by atoms with Crippen LogP contribution in [-0.2, 0) is 13.6 Å². The van der Waals surface area contributed by atoms with Crippen molar-refractivity contribution in [1.82, 2.24) is 14.5 Å². The molecular weight excluding hydrogens is 324 g/mol. The Hall–Kier alpha value is -3.07. The molecule has 1 aliphatic carbocycles. The fraction of sp³-hybridized carbons (Fsp3) is 0.350. The maximum absolute atomic E-state index is 9.52. The van der Waals surface area contributed by atoms with Crippen LogP contribution in [0.15, 0.2) is 36.8 Å². The lowest BCUT2D eigenvalue weighted by molar-refractivity contribution is 0.756. The number of pyridine rings is 1.